The molecule has 4 saturated heterocycles. The van der Waals surface area contributed by atoms with Crippen molar-refractivity contribution in [1.82, 2.24) is 9.88 Å². The number of amides is 1. The summed E-state index contributed by atoms with van der Waals surface area (Å²) in [7, 11) is 0. The third-order valence-electron chi connectivity index (χ3n) is 7.75. The zero-order valence-corrected chi connectivity index (χ0v) is 20.6. The van der Waals surface area contributed by atoms with Crippen molar-refractivity contribution in [2.75, 3.05) is 49.2 Å². The Balaban J connectivity index is 1.21. The van der Waals surface area contributed by atoms with Crippen LogP contribution < -0.4 is 14.5 Å². The molecule has 0 aliphatic carbocycles. The molecular formula is C28H32N4O4. The van der Waals surface area contributed by atoms with Crippen LogP contribution in [-0.2, 0) is 4.74 Å². The van der Waals surface area contributed by atoms with Gasteiger partial charge in [-0.15, -0.1) is 0 Å². The number of carbonyl (C=O) groups is 1. The molecule has 8 heteroatoms. The van der Waals surface area contributed by atoms with Gasteiger partial charge in [-0.3, -0.25) is 9.69 Å². The molecule has 3 aromatic rings. The Morgan fingerprint density at radius 3 is 2.42 bits per heavy atom. The molecule has 7 rings (SSSR count). The highest BCUT2D eigenvalue weighted by Gasteiger charge is 2.45. The van der Waals surface area contributed by atoms with Crippen molar-refractivity contribution in [3.8, 4) is 11.7 Å². The summed E-state index contributed by atoms with van der Waals surface area (Å²) < 4.78 is 17.0. The number of carbonyl (C=O) groups excluding carboxylic acids is 1. The first-order chi connectivity index (χ1) is 17.7. The second kappa shape index (κ2) is 9.95. The van der Waals surface area contributed by atoms with Crippen molar-refractivity contribution in [1.29, 1.82) is 0 Å². The van der Waals surface area contributed by atoms with E-state index in [1.54, 1.807) is 6.20 Å². The summed E-state index contributed by atoms with van der Waals surface area (Å²) in [4.78, 5) is 24.9. The van der Waals surface area contributed by atoms with Crippen molar-refractivity contribution in [2.45, 2.75) is 31.8 Å². The molecule has 2 bridgehead atoms. The first kappa shape index (κ1) is 23.1. The van der Waals surface area contributed by atoms with Crippen LogP contribution in [0.25, 0.3) is 0 Å². The van der Waals surface area contributed by atoms with Gasteiger partial charge in [-0.05, 0) is 75.2 Å². The van der Waals surface area contributed by atoms with Gasteiger partial charge < -0.3 is 23.7 Å². The monoisotopic (exact) mass is 488 g/mol. The van der Waals surface area contributed by atoms with Crippen LogP contribution in [0.1, 0.15) is 30.1 Å². The number of anilines is 2. The largest absolute Gasteiger partial charge is 0.425 e. The number of nitrogens with zero attached hydrogens (tertiary/aromatic N) is 4. The molecule has 8 nitrogen and oxygen atoms in total. The molecule has 4 aliphatic heterocycles. The van der Waals surface area contributed by atoms with Crippen LogP contribution in [0.2, 0.25) is 0 Å². The lowest BCUT2D eigenvalue weighted by Crippen LogP contribution is -2.63. The topological polar surface area (TPSA) is 71.3 Å². The average Bonchev–Trinajstić information content (AvgIpc) is 3.41. The molecule has 5 heterocycles. The minimum atomic E-state index is 0.0209. The number of benzene rings is 2. The Bertz CT molecular complexity index is 1170. The Kier molecular flexibility index (Phi) is 6.37. The normalized spacial score (nSPS) is 25.5. The number of hydrogen-bond donors (Lipinski definition) is 0. The zero-order chi connectivity index (χ0) is 24.5. The number of para-hydroxylation sites is 1. The van der Waals surface area contributed by atoms with Gasteiger partial charge in [0.2, 0.25) is 0 Å². The van der Waals surface area contributed by atoms with Crippen LogP contribution in [0.4, 0.5) is 11.7 Å². The molecule has 2 aromatic carbocycles. The third kappa shape index (κ3) is 4.47. The molecule has 0 saturated carbocycles. The van der Waals surface area contributed by atoms with Crippen LogP contribution >= 0.6 is 0 Å². The summed E-state index contributed by atoms with van der Waals surface area (Å²) in [6.45, 7) is 7.32. The van der Waals surface area contributed by atoms with Gasteiger partial charge in [0.15, 0.2) is 0 Å². The molecular weight excluding hydrogens is 456 g/mol. The number of fused-ring (bicyclic) bond motifs is 3. The van der Waals surface area contributed by atoms with E-state index in [0.29, 0.717) is 48.4 Å². The first-order valence-electron chi connectivity index (χ1n) is 12.9. The number of ether oxygens (including phenoxy) is 2. The maximum atomic E-state index is 13.9. The van der Waals surface area contributed by atoms with Crippen LogP contribution in [0.5, 0.6) is 11.7 Å². The van der Waals surface area contributed by atoms with Gasteiger partial charge in [0, 0.05) is 30.4 Å². The number of aromatic nitrogens is 1. The Morgan fingerprint density at radius 1 is 1.00 bits per heavy atom. The van der Waals surface area contributed by atoms with E-state index in [2.05, 4.69) is 16.8 Å². The summed E-state index contributed by atoms with van der Waals surface area (Å²) in [5.41, 5.74) is 1.59. The van der Waals surface area contributed by atoms with E-state index < -0.39 is 0 Å². The molecule has 4 aliphatic rings. The SMILES string of the molecule is C[C@H]1[C@H](N(C(=O)c2ccc(Oc3cnc(N4CCOCC4)o3)cc2)c2ccccc2)C2CCN1CC2. The molecule has 0 unspecified atom stereocenters. The van der Waals surface area contributed by atoms with E-state index in [1.165, 1.54) is 0 Å². The van der Waals surface area contributed by atoms with E-state index >= 15 is 0 Å². The predicted molar refractivity (Wildman–Crippen MR) is 137 cm³/mol. The second-order valence-corrected chi connectivity index (χ2v) is 9.80. The van der Waals surface area contributed by atoms with Crippen LogP contribution in [0.3, 0.4) is 0 Å². The van der Waals surface area contributed by atoms with Gasteiger partial charge in [0.05, 0.1) is 19.3 Å². The fourth-order valence-corrected chi connectivity index (χ4v) is 5.84. The lowest BCUT2D eigenvalue weighted by molar-refractivity contribution is 0.0327. The fourth-order valence-electron chi connectivity index (χ4n) is 5.84. The van der Waals surface area contributed by atoms with Crippen molar-refractivity contribution in [3.63, 3.8) is 0 Å². The standard InChI is InChI=1S/C28H32N4O4/c1-20-26(21-11-13-30(20)14-12-21)32(23-5-3-2-4-6-23)27(33)22-7-9-24(10-8-22)35-25-19-29-28(36-25)31-15-17-34-18-16-31/h2-10,19-21,26H,11-18H2,1H3/t20-,26-/m0/s1. The average molecular weight is 489 g/mol. The summed E-state index contributed by atoms with van der Waals surface area (Å²) in [6, 6.07) is 18.4. The Morgan fingerprint density at radius 2 is 1.72 bits per heavy atom. The molecule has 0 N–H and O–H groups in total. The molecule has 36 heavy (non-hydrogen) atoms. The number of rotatable bonds is 6. The van der Waals surface area contributed by atoms with Crippen LogP contribution in [-0.4, -0.2) is 67.3 Å². The molecule has 0 spiro atoms. The van der Waals surface area contributed by atoms with Crippen LogP contribution in [0, 0.1) is 5.92 Å². The van der Waals surface area contributed by atoms with Gasteiger partial charge in [-0.2, -0.15) is 4.98 Å². The number of hydrogen-bond acceptors (Lipinski definition) is 7. The van der Waals surface area contributed by atoms with Gasteiger partial charge in [-0.25, -0.2) is 0 Å². The van der Waals surface area contributed by atoms with Crippen molar-refractivity contribution in [3.05, 3.63) is 66.4 Å². The highest BCUT2D eigenvalue weighted by atomic mass is 16.6. The third-order valence-corrected chi connectivity index (χ3v) is 7.75. The van der Waals surface area contributed by atoms with Crippen molar-refractivity contribution >= 4 is 17.6 Å². The minimum absolute atomic E-state index is 0.0209. The van der Waals surface area contributed by atoms with Gasteiger partial charge in [-0.1, -0.05) is 18.2 Å². The summed E-state index contributed by atoms with van der Waals surface area (Å²) in [5.74, 6) is 1.46. The van der Waals surface area contributed by atoms with Crippen molar-refractivity contribution in [2.24, 2.45) is 5.92 Å². The maximum absolute atomic E-state index is 13.9. The fraction of sp³-hybridized carbons (Fsp3) is 0.429. The summed E-state index contributed by atoms with van der Waals surface area (Å²) >= 11 is 0. The number of morpholine rings is 1. The zero-order valence-electron chi connectivity index (χ0n) is 20.6. The van der Waals surface area contributed by atoms with E-state index in [9.17, 15) is 4.79 Å². The molecule has 4 fully saturated rings. The lowest BCUT2D eigenvalue weighted by Gasteiger charge is -2.53. The number of oxazole rings is 1. The lowest BCUT2D eigenvalue weighted by atomic mass is 9.78. The molecule has 0 radical (unpaired) electrons. The van der Waals surface area contributed by atoms with E-state index in [4.69, 9.17) is 13.9 Å². The molecule has 2 atom stereocenters. The maximum Gasteiger partial charge on any atom is 0.312 e. The Labute approximate surface area is 211 Å². The van der Waals surface area contributed by atoms with Crippen molar-refractivity contribution < 1.29 is 18.7 Å². The van der Waals surface area contributed by atoms with E-state index in [0.717, 1.165) is 44.7 Å². The highest BCUT2D eigenvalue weighted by molar-refractivity contribution is 6.06. The first-order valence-corrected chi connectivity index (χ1v) is 12.9. The number of piperidine rings is 3. The minimum Gasteiger partial charge on any atom is -0.425 e. The summed E-state index contributed by atoms with van der Waals surface area (Å²) in [6.07, 6.45) is 3.86. The van der Waals surface area contributed by atoms with Gasteiger partial charge >= 0.3 is 5.95 Å². The second-order valence-electron chi connectivity index (χ2n) is 9.80. The predicted octanol–water partition coefficient (Wildman–Crippen LogP) is 4.43. The molecule has 1 amide bonds. The molecule has 188 valence electrons. The van der Waals surface area contributed by atoms with E-state index in [1.807, 2.05) is 64.4 Å². The summed E-state index contributed by atoms with van der Waals surface area (Å²) in [5, 5.41) is 0. The highest BCUT2D eigenvalue weighted by Crippen LogP contribution is 2.38. The quantitative estimate of drug-likeness (QED) is 0.508. The smallest absolute Gasteiger partial charge is 0.312 e. The van der Waals surface area contributed by atoms with Gasteiger partial charge in [0.25, 0.3) is 11.9 Å². The Hall–Kier alpha value is -3.36. The van der Waals surface area contributed by atoms with Gasteiger partial charge in [0.1, 0.15) is 11.9 Å². The molecule has 1 aromatic heterocycles. The van der Waals surface area contributed by atoms with Crippen LogP contribution in [0.15, 0.2) is 65.2 Å². The van der Waals surface area contributed by atoms with E-state index in [-0.39, 0.29) is 11.9 Å².